The van der Waals surface area contributed by atoms with Crippen LogP contribution in [0, 0.1) is 0 Å². The molecule has 0 aromatic rings. The van der Waals surface area contributed by atoms with Crippen molar-refractivity contribution in [2.24, 2.45) is 0 Å². The first kappa shape index (κ1) is 31.8. The SMILES string of the molecule is CCCCCCCCCCCC/C=C\CCCCCCCC(CCC)([P+](=O)[O-])[N+](C)(C)C. The highest BCUT2D eigenvalue weighted by Crippen LogP contribution is 2.45. The molecule has 0 fully saturated rings. The van der Waals surface area contributed by atoms with Gasteiger partial charge in [-0.2, -0.15) is 0 Å². The van der Waals surface area contributed by atoms with Crippen LogP contribution < -0.4 is 4.89 Å². The maximum atomic E-state index is 12.1. The minimum Gasteiger partial charge on any atom is -0.590 e. The molecule has 0 aliphatic heterocycles. The molecule has 32 heavy (non-hydrogen) atoms. The van der Waals surface area contributed by atoms with Gasteiger partial charge in [0.1, 0.15) is 0 Å². The summed E-state index contributed by atoms with van der Waals surface area (Å²) in [5.41, 5.74) is 0. The van der Waals surface area contributed by atoms with Crippen molar-refractivity contribution >= 4 is 8.03 Å². The van der Waals surface area contributed by atoms with Crippen molar-refractivity contribution in [2.45, 2.75) is 148 Å². The van der Waals surface area contributed by atoms with Crippen LogP contribution in [0.15, 0.2) is 12.2 Å². The summed E-state index contributed by atoms with van der Waals surface area (Å²) in [7, 11) is 3.67. The molecule has 2 unspecified atom stereocenters. The van der Waals surface area contributed by atoms with Gasteiger partial charge in [-0.3, -0.25) is 4.48 Å². The Morgan fingerprint density at radius 3 is 1.41 bits per heavy atom. The first-order valence-electron chi connectivity index (χ1n) is 13.9. The van der Waals surface area contributed by atoms with Crippen molar-refractivity contribution in [1.29, 1.82) is 0 Å². The molecule has 0 rings (SSSR count). The molecular weight excluding hydrogens is 413 g/mol. The molecule has 0 spiro atoms. The number of allylic oxidation sites excluding steroid dienone is 2. The zero-order valence-corrected chi connectivity index (χ0v) is 23.4. The molecule has 190 valence electrons. The Hall–Kier alpha value is -0.240. The highest BCUT2D eigenvalue weighted by atomic mass is 31.1. The smallest absolute Gasteiger partial charge is 0.376 e. The number of hydrogen-bond acceptors (Lipinski definition) is 2. The van der Waals surface area contributed by atoms with E-state index in [-0.39, 0.29) is 0 Å². The van der Waals surface area contributed by atoms with Crippen molar-refractivity contribution < 1.29 is 13.9 Å². The van der Waals surface area contributed by atoms with E-state index in [2.05, 4.69) is 26.0 Å². The number of unbranched alkanes of at least 4 members (excludes halogenated alkanes) is 15. The largest absolute Gasteiger partial charge is 0.590 e. The molecule has 0 aliphatic carbocycles. The summed E-state index contributed by atoms with van der Waals surface area (Å²) < 4.78 is 12.6. The predicted molar refractivity (Wildman–Crippen MR) is 141 cm³/mol. The molecule has 0 aromatic heterocycles. The van der Waals surface area contributed by atoms with Gasteiger partial charge in [0, 0.05) is 12.8 Å². The lowest BCUT2D eigenvalue weighted by atomic mass is 9.99. The molecule has 0 saturated heterocycles. The molecule has 0 heterocycles. The van der Waals surface area contributed by atoms with Crippen LogP contribution in [0.25, 0.3) is 0 Å². The molecule has 0 aliphatic rings. The minimum absolute atomic E-state index is 0.517. The van der Waals surface area contributed by atoms with Gasteiger partial charge in [-0.25, -0.2) is 0 Å². The molecular formula is C28H57NO2P+. The molecule has 0 radical (unpaired) electrons. The third-order valence-corrected chi connectivity index (χ3v) is 8.80. The average molecular weight is 471 g/mol. The number of rotatable bonds is 23. The fourth-order valence-electron chi connectivity index (χ4n) is 4.81. The van der Waals surface area contributed by atoms with Gasteiger partial charge in [-0.05, 0) is 38.5 Å². The summed E-state index contributed by atoms with van der Waals surface area (Å²) in [5, 5.41) is -0.596. The van der Waals surface area contributed by atoms with Crippen LogP contribution in [0.1, 0.15) is 142 Å². The van der Waals surface area contributed by atoms with Gasteiger partial charge in [0.15, 0.2) is 0 Å². The topological polar surface area (TPSA) is 40.1 Å². The summed E-state index contributed by atoms with van der Waals surface area (Å²) in [6.07, 6.45) is 29.7. The number of nitrogens with zero attached hydrogens (tertiary/aromatic N) is 1. The molecule has 2 atom stereocenters. The molecule has 0 saturated carbocycles. The fraction of sp³-hybridized carbons (Fsp3) is 0.929. The Balaban J connectivity index is 3.65. The van der Waals surface area contributed by atoms with Crippen LogP contribution in [-0.2, 0) is 4.57 Å². The van der Waals surface area contributed by atoms with E-state index in [0.717, 1.165) is 32.1 Å². The average Bonchev–Trinajstić information content (AvgIpc) is 2.73. The van der Waals surface area contributed by atoms with E-state index < -0.39 is 13.3 Å². The summed E-state index contributed by atoms with van der Waals surface area (Å²) in [5.74, 6) is 0. The third-order valence-electron chi connectivity index (χ3n) is 7.08. The monoisotopic (exact) mass is 470 g/mol. The molecule has 0 N–H and O–H groups in total. The second kappa shape index (κ2) is 20.2. The highest BCUT2D eigenvalue weighted by molar-refractivity contribution is 7.38. The lowest BCUT2D eigenvalue weighted by molar-refractivity contribution is -0.910. The zero-order valence-electron chi connectivity index (χ0n) is 22.5. The normalized spacial score (nSPS) is 14.8. The van der Waals surface area contributed by atoms with E-state index in [1.807, 2.05) is 21.1 Å². The maximum absolute atomic E-state index is 12.1. The summed E-state index contributed by atoms with van der Waals surface area (Å²) in [4.78, 5) is 12.1. The first-order chi connectivity index (χ1) is 15.3. The Bertz CT molecular complexity index is 473. The van der Waals surface area contributed by atoms with Crippen molar-refractivity contribution in [3.63, 3.8) is 0 Å². The number of hydrogen-bond donors (Lipinski definition) is 0. The third kappa shape index (κ3) is 14.8. The molecule has 0 bridgehead atoms. The minimum atomic E-state index is -2.42. The van der Waals surface area contributed by atoms with Gasteiger partial charge in [-0.15, -0.1) is 0 Å². The van der Waals surface area contributed by atoms with Gasteiger partial charge in [0.25, 0.3) is 5.28 Å². The summed E-state index contributed by atoms with van der Waals surface area (Å²) >= 11 is 0. The molecule has 0 aromatic carbocycles. The highest BCUT2D eigenvalue weighted by Gasteiger charge is 2.53. The van der Waals surface area contributed by atoms with Crippen molar-refractivity contribution in [3.05, 3.63) is 12.2 Å². The second-order valence-electron chi connectivity index (χ2n) is 10.8. The fourth-order valence-corrected chi connectivity index (χ4v) is 6.05. The Labute approximate surface area is 202 Å². The van der Waals surface area contributed by atoms with Crippen molar-refractivity contribution in [3.8, 4) is 0 Å². The van der Waals surface area contributed by atoms with Gasteiger partial charge < -0.3 is 4.89 Å². The lowest BCUT2D eigenvalue weighted by Crippen LogP contribution is -2.55. The quantitative estimate of drug-likeness (QED) is 0.0647. The van der Waals surface area contributed by atoms with Gasteiger partial charge in [-0.1, -0.05) is 108 Å². The van der Waals surface area contributed by atoms with E-state index >= 15 is 0 Å². The predicted octanol–water partition coefficient (Wildman–Crippen LogP) is 8.89. The standard InChI is InChI=1S/C28H57NO2P/c1-6-8-9-10-11-12-13-14-15-16-17-18-19-20-21-22-23-24-25-27-28(26-7-2,32(30)31)29(3,4)5/h18-19H,6-17,20-27H2,1-5H3/q+1/b19-18-. The van der Waals surface area contributed by atoms with Gasteiger partial charge >= 0.3 is 8.03 Å². The van der Waals surface area contributed by atoms with Crippen LogP contribution in [-0.4, -0.2) is 30.9 Å². The van der Waals surface area contributed by atoms with Gasteiger partial charge in [0.2, 0.25) is 0 Å². The van der Waals surface area contributed by atoms with E-state index in [1.165, 1.54) is 96.3 Å². The molecule has 4 heteroatoms. The summed E-state index contributed by atoms with van der Waals surface area (Å²) in [6.45, 7) is 4.37. The van der Waals surface area contributed by atoms with Crippen molar-refractivity contribution in [2.75, 3.05) is 21.1 Å². The van der Waals surface area contributed by atoms with Crippen LogP contribution in [0.3, 0.4) is 0 Å². The first-order valence-corrected chi connectivity index (χ1v) is 15.1. The second-order valence-corrected chi connectivity index (χ2v) is 12.1. The molecule has 3 nitrogen and oxygen atoms in total. The van der Waals surface area contributed by atoms with Crippen LogP contribution in [0.4, 0.5) is 0 Å². The number of quaternary nitrogens is 1. The van der Waals surface area contributed by atoms with E-state index in [9.17, 15) is 9.46 Å². The van der Waals surface area contributed by atoms with Crippen molar-refractivity contribution in [1.82, 2.24) is 0 Å². The van der Waals surface area contributed by atoms with Gasteiger partial charge in [0.05, 0.1) is 21.1 Å². The van der Waals surface area contributed by atoms with Crippen LogP contribution in [0.2, 0.25) is 0 Å². The van der Waals surface area contributed by atoms with E-state index in [4.69, 9.17) is 0 Å². The van der Waals surface area contributed by atoms with E-state index in [0.29, 0.717) is 4.48 Å². The summed E-state index contributed by atoms with van der Waals surface area (Å²) in [6, 6.07) is 0. The van der Waals surface area contributed by atoms with Crippen LogP contribution >= 0.6 is 8.03 Å². The Morgan fingerprint density at radius 2 is 1.03 bits per heavy atom. The molecule has 0 amide bonds. The Morgan fingerprint density at radius 1 is 0.625 bits per heavy atom. The van der Waals surface area contributed by atoms with E-state index in [1.54, 1.807) is 0 Å². The Kier molecular flexibility index (Phi) is 20.0. The maximum Gasteiger partial charge on any atom is 0.376 e. The van der Waals surface area contributed by atoms with Crippen LogP contribution in [0.5, 0.6) is 0 Å². The lowest BCUT2D eigenvalue weighted by Gasteiger charge is -2.39. The zero-order chi connectivity index (χ0) is 24.1.